The third kappa shape index (κ3) is 3.37. The summed E-state index contributed by atoms with van der Waals surface area (Å²) in [5, 5.41) is 0. The van der Waals surface area contributed by atoms with Crippen molar-refractivity contribution in [1.82, 2.24) is 4.98 Å². The van der Waals surface area contributed by atoms with Crippen LogP contribution < -0.4 is 9.47 Å². The van der Waals surface area contributed by atoms with Crippen molar-refractivity contribution in [2.45, 2.75) is 45.3 Å². The maximum absolute atomic E-state index is 5.85. The standard InChI is InChI=1S/C12H16BrNO2/c1-12(2,3)16-9-6-11(13)14-7-10(9)15-8-4-5-8/h6-8H,4-5H2,1-3H3. The summed E-state index contributed by atoms with van der Waals surface area (Å²) in [6, 6.07) is 1.85. The molecular weight excluding hydrogens is 270 g/mol. The smallest absolute Gasteiger partial charge is 0.179 e. The van der Waals surface area contributed by atoms with Crippen LogP contribution in [0.3, 0.4) is 0 Å². The third-order valence-corrected chi connectivity index (χ3v) is 2.47. The van der Waals surface area contributed by atoms with Crippen molar-refractivity contribution in [2.75, 3.05) is 0 Å². The molecule has 0 saturated heterocycles. The summed E-state index contributed by atoms with van der Waals surface area (Å²) < 4.78 is 12.4. The van der Waals surface area contributed by atoms with E-state index in [0.717, 1.165) is 28.9 Å². The fourth-order valence-electron chi connectivity index (χ4n) is 1.26. The van der Waals surface area contributed by atoms with Gasteiger partial charge in [0.25, 0.3) is 0 Å². The first-order valence-corrected chi connectivity index (χ1v) is 6.24. The van der Waals surface area contributed by atoms with Crippen LogP contribution in [0.15, 0.2) is 16.9 Å². The SMILES string of the molecule is CC(C)(C)Oc1cc(Br)ncc1OC1CC1. The zero-order valence-corrected chi connectivity index (χ0v) is 11.4. The lowest BCUT2D eigenvalue weighted by Crippen LogP contribution is -2.23. The molecule has 0 spiro atoms. The molecule has 0 aliphatic heterocycles. The number of nitrogens with zero attached hydrogens (tertiary/aromatic N) is 1. The molecule has 2 rings (SSSR count). The molecular formula is C12H16BrNO2. The molecule has 1 aromatic rings. The van der Waals surface area contributed by atoms with Crippen LogP contribution in [0.2, 0.25) is 0 Å². The topological polar surface area (TPSA) is 31.4 Å². The molecule has 0 atom stereocenters. The largest absolute Gasteiger partial charge is 0.485 e. The highest BCUT2D eigenvalue weighted by Gasteiger charge is 2.26. The first-order valence-electron chi connectivity index (χ1n) is 5.45. The van der Waals surface area contributed by atoms with Gasteiger partial charge in [0.05, 0.1) is 12.3 Å². The van der Waals surface area contributed by atoms with Crippen LogP contribution in [-0.4, -0.2) is 16.7 Å². The van der Waals surface area contributed by atoms with E-state index in [4.69, 9.17) is 9.47 Å². The first-order chi connectivity index (χ1) is 7.44. The first kappa shape index (κ1) is 11.7. The second-order valence-electron chi connectivity index (χ2n) is 4.99. The van der Waals surface area contributed by atoms with Crippen LogP contribution in [0.5, 0.6) is 11.5 Å². The Balaban J connectivity index is 2.20. The second kappa shape index (κ2) is 4.24. The quantitative estimate of drug-likeness (QED) is 0.796. The number of hydrogen-bond acceptors (Lipinski definition) is 3. The van der Waals surface area contributed by atoms with Gasteiger partial charge in [-0.3, -0.25) is 0 Å². The van der Waals surface area contributed by atoms with Crippen molar-refractivity contribution in [3.05, 3.63) is 16.9 Å². The summed E-state index contributed by atoms with van der Waals surface area (Å²) in [7, 11) is 0. The van der Waals surface area contributed by atoms with Crippen LogP contribution in [0.1, 0.15) is 33.6 Å². The van der Waals surface area contributed by atoms with E-state index in [0.29, 0.717) is 6.10 Å². The van der Waals surface area contributed by atoms with Gasteiger partial charge in [0.1, 0.15) is 10.2 Å². The Morgan fingerprint density at radius 2 is 2.00 bits per heavy atom. The van der Waals surface area contributed by atoms with E-state index in [1.165, 1.54) is 0 Å². The Bertz CT molecular complexity index is 383. The Morgan fingerprint density at radius 1 is 1.31 bits per heavy atom. The highest BCUT2D eigenvalue weighted by molar-refractivity contribution is 9.10. The van der Waals surface area contributed by atoms with E-state index in [9.17, 15) is 0 Å². The van der Waals surface area contributed by atoms with Crippen LogP contribution >= 0.6 is 15.9 Å². The molecule has 0 aromatic carbocycles. The highest BCUT2D eigenvalue weighted by atomic mass is 79.9. The summed E-state index contributed by atoms with van der Waals surface area (Å²) >= 11 is 3.34. The van der Waals surface area contributed by atoms with Crippen LogP contribution in [0.4, 0.5) is 0 Å². The minimum Gasteiger partial charge on any atom is -0.485 e. The lowest BCUT2D eigenvalue weighted by molar-refractivity contribution is 0.122. The molecule has 1 heterocycles. The van der Waals surface area contributed by atoms with Crippen LogP contribution in [0.25, 0.3) is 0 Å². The molecule has 0 N–H and O–H groups in total. The van der Waals surface area contributed by atoms with Gasteiger partial charge in [-0.2, -0.15) is 0 Å². The van der Waals surface area contributed by atoms with E-state index >= 15 is 0 Å². The number of rotatable bonds is 3. The molecule has 0 amide bonds. The lowest BCUT2D eigenvalue weighted by atomic mass is 10.2. The molecule has 1 aliphatic carbocycles. The van der Waals surface area contributed by atoms with Gasteiger partial charge in [0, 0.05) is 6.07 Å². The Morgan fingerprint density at radius 3 is 2.56 bits per heavy atom. The van der Waals surface area contributed by atoms with Crippen molar-refractivity contribution >= 4 is 15.9 Å². The van der Waals surface area contributed by atoms with Crippen molar-refractivity contribution < 1.29 is 9.47 Å². The average molecular weight is 286 g/mol. The average Bonchev–Trinajstić information content (AvgIpc) is 2.91. The van der Waals surface area contributed by atoms with Gasteiger partial charge >= 0.3 is 0 Å². The molecule has 0 radical (unpaired) electrons. The van der Waals surface area contributed by atoms with Gasteiger partial charge in [-0.05, 0) is 49.5 Å². The molecule has 1 aliphatic rings. The monoisotopic (exact) mass is 285 g/mol. The third-order valence-electron chi connectivity index (χ3n) is 2.03. The van der Waals surface area contributed by atoms with Gasteiger partial charge in [-0.1, -0.05) is 0 Å². The van der Waals surface area contributed by atoms with Gasteiger partial charge in [0.15, 0.2) is 11.5 Å². The normalized spacial score (nSPS) is 16.0. The summed E-state index contributed by atoms with van der Waals surface area (Å²) in [5.41, 5.74) is -0.234. The molecule has 4 heteroatoms. The molecule has 1 fully saturated rings. The minimum absolute atomic E-state index is 0.234. The summed E-state index contributed by atoms with van der Waals surface area (Å²) in [4.78, 5) is 4.16. The van der Waals surface area contributed by atoms with Crippen LogP contribution in [-0.2, 0) is 0 Å². The summed E-state index contributed by atoms with van der Waals surface area (Å²) in [6.45, 7) is 6.05. The molecule has 1 aromatic heterocycles. The van der Waals surface area contributed by atoms with Gasteiger partial charge in [0.2, 0.25) is 0 Å². The maximum Gasteiger partial charge on any atom is 0.179 e. The maximum atomic E-state index is 5.85. The number of halogens is 1. The zero-order chi connectivity index (χ0) is 11.8. The lowest BCUT2D eigenvalue weighted by Gasteiger charge is -2.23. The van der Waals surface area contributed by atoms with E-state index in [-0.39, 0.29) is 5.60 Å². The van der Waals surface area contributed by atoms with Crippen LogP contribution in [0, 0.1) is 0 Å². The predicted octanol–water partition coefficient (Wildman–Crippen LogP) is 3.56. The van der Waals surface area contributed by atoms with Crippen molar-refractivity contribution in [2.24, 2.45) is 0 Å². The van der Waals surface area contributed by atoms with Crippen molar-refractivity contribution in [3.63, 3.8) is 0 Å². The zero-order valence-electron chi connectivity index (χ0n) is 9.79. The summed E-state index contributed by atoms with van der Waals surface area (Å²) in [5.74, 6) is 1.49. The predicted molar refractivity (Wildman–Crippen MR) is 66.0 cm³/mol. The molecule has 0 unspecified atom stereocenters. The van der Waals surface area contributed by atoms with Crippen molar-refractivity contribution in [3.8, 4) is 11.5 Å². The van der Waals surface area contributed by atoms with Gasteiger partial charge in [-0.25, -0.2) is 4.98 Å². The summed E-state index contributed by atoms with van der Waals surface area (Å²) in [6.07, 6.45) is 4.32. The van der Waals surface area contributed by atoms with E-state index in [1.807, 2.05) is 26.8 Å². The number of aromatic nitrogens is 1. The number of pyridine rings is 1. The molecule has 3 nitrogen and oxygen atoms in total. The van der Waals surface area contributed by atoms with E-state index in [1.54, 1.807) is 6.20 Å². The number of ether oxygens (including phenoxy) is 2. The molecule has 0 bridgehead atoms. The molecule has 1 saturated carbocycles. The second-order valence-corrected chi connectivity index (χ2v) is 5.80. The van der Waals surface area contributed by atoms with Gasteiger partial charge < -0.3 is 9.47 Å². The van der Waals surface area contributed by atoms with E-state index < -0.39 is 0 Å². The Labute approximate surface area is 104 Å². The Kier molecular flexibility index (Phi) is 3.10. The molecule has 16 heavy (non-hydrogen) atoms. The fourth-order valence-corrected chi connectivity index (χ4v) is 1.57. The molecule has 88 valence electrons. The van der Waals surface area contributed by atoms with Crippen molar-refractivity contribution in [1.29, 1.82) is 0 Å². The fraction of sp³-hybridized carbons (Fsp3) is 0.583. The Hall–Kier alpha value is -0.770. The van der Waals surface area contributed by atoms with Gasteiger partial charge in [-0.15, -0.1) is 0 Å². The minimum atomic E-state index is -0.234. The van der Waals surface area contributed by atoms with E-state index in [2.05, 4.69) is 20.9 Å². The highest BCUT2D eigenvalue weighted by Crippen LogP contribution is 2.35. The number of hydrogen-bond donors (Lipinski definition) is 0.